The van der Waals surface area contributed by atoms with Gasteiger partial charge in [-0.25, -0.2) is 0 Å². The van der Waals surface area contributed by atoms with E-state index in [0.717, 1.165) is 77.7 Å². The SMILES string of the molecule is c1ccc(-c2ccc(-c3cc(-c4cc(-c5ccccc5)c5oc6ccc(-c7ccccc7)cc6c5c4)cc(-c4ccc5c(c4)c4cc(-c6ccccc6)ccc4n5-c4ccccc4)c3)cc2)cc1. The average molecular weight is 866 g/mol. The number of nitrogens with zero attached hydrogens (tertiary/aromatic N) is 1. The largest absolute Gasteiger partial charge is 0.455 e. The van der Waals surface area contributed by atoms with E-state index in [1.807, 2.05) is 0 Å². The van der Waals surface area contributed by atoms with Crippen molar-refractivity contribution in [2.24, 2.45) is 0 Å². The Morgan fingerprint density at radius 2 is 0.588 bits per heavy atom. The Labute approximate surface area is 395 Å². The summed E-state index contributed by atoms with van der Waals surface area (Å²) in [4.78, 5) is 0. The smallest absolute Gasteiger partial charge is 0.143 e. The number of furan rings is 1. The second-order valence-electron chi connectivity index (χ2n) is 17.7. The third kappa shape index (κ3) is 6.99. The summed E-state index contributed by atoms with van der Waals surface area (Å²) in [5.74, 6) is 0. The van der Waals surface area contributed by atoms with E-state index in [9.17, 15) is 0 Å². The molecule has 0 saturated carbocycles. The molecule has 0 saturated heterocycles. The summed E-state index contributed by atoms with van der Waals surface area (Å²) in [6, 6.07) is 94.5. The van der Waals surface area contributed by atoms with Gasteiger partial charge in [0.2, 0.25) is 0 Å². The standard InChI is InChI=1S/C66H43NO/c1-6-16-44(17-7-1)47-26-28-48(29-27-47)53-36-54(52-31-34-64-60(40-52)59-39-50(45-18-8-2-9-19-45)30-33-63(59)67(64)57-24-14-5-15-25-57)38-55(37-53)56-42-58(49-22-12-4-13-23-49)66-62(43-56)61-41-51(32-35-65(61)68-66)46-20-10-3-11-21-46/h1-43H. The quantitative estimate of drug-likeness (QED) is 0.149. The summed E-state index contributed by atoms with van der Waals surface area (Å²) in [5.41, 5.74) is 21.5. The number of hydrogen-bond donors (Lipinski definition) is 0. The number of aromatic nitrogens is 1. The van der Waals surface area contributed by atoms with Crippen molar-refractivity contribution in [1.29, 1.82) is 0 Å². The van der Waals surface area contributed by atoms with Crippen LogP contribution in [0.3, 0.4) is 0 Å². The topological polar surface area (TPSA) is 18.1 Å². The highest BCUT2D eigenvalue weighted by atomic mass is 16.3. The molecule has 13 aromatic rings. The number of para-hydroxylation sites is 1. The Morgan fingerprint density at radius 1 is 0.235 bits per heavy atom. The van der Waals surface area contributed by atoms with Crippen LogP contribution in [0.5, 0.6) is 0 Å². The van der Waals surface area contributed by atoms with Crippen LogP contribution in [0.2, 0.25) is 0 Å². The Hall–Kier alpha value is -8.98. The molecular formula is C66H43NO. The molecule has 0 N–H and O–H groups in total. The minimum absolute atomic E-state index is 0.875. The fraction of sp³-hybridized carbons (Fsp3) is 0. The van der Waals surface area contributed by atoms with Crippen LogP contribution in [0, 0.1) is 0 Å². The third-order valence-corrected chi connectivity index (χ3v) is 13.6. The summed E-state index contributed by atoms with van der Waals surface area (Å²) in [6.45, 7) is 0. The zero-order valence-electron chi connectivity index (χ0n) is 37.2. The van der Waals surface area contributed by atoms with Crippen molar-refractivity contribution >= 4 is 43.7 Å². The highest BCUT2D eigenvalue weighted by molar-refractivity contribution is 6.13. The Balaban J connectivity index is 1.04. The molecule has 2 nitrogen and oxygen atoms in total. The Bertz CT molecular complexity index is 3960. The van der Waals surface area contributed by atoms with Crippen molar-refractivity contribution in [2.75, 3.05) is 0 Å². The lowest BCUT2D eigenvalue weighted by Crippen LogP contribution is -1.93. The van der Waals surface area contributed by atoms with Gasteiger partial charge in [-0.05, 0) is 151 Å². The van der Waals surface area contributed by atoms with Crippen molar-refractivity contribution in [3.05, 3.63) is 261 Å². The van der Waals surface area contributed by atoms with Gasteiger partial charge in [-0.15, -0.1) is 0 Å². The molecule has 0 atom stereocenters. The lowest BCUT2D eigenvalue weighted by Gasteiger charge is -2.14. The molecule has 0 amide bonds. The molecule has 0 aliphatic heterocycles. The van der Waals surface area contributed by atoms with Crippen LogP contribution in [0.25, 0.3) is 127 Å². The normalized spacial score (nSPS) is 11.5. The molecule has 13 rings (SSSR count). The van der Waals surface area contributed by atoms with Gasteiger partial charge in [-0.3, -0.25) is 0 Å². The van der Waals surface area contributed by atoms with E-state index < -0.39 is 0 Å². The third-order valence-electron chi connectivity index (χ3n) is 13.6. The van der Waals surface area contributed by atoms with Gasteiger partial charge < -0.3 is 8.98 Å². The second kappa shape index (κ2) is 16.5. The van der Waals surface area contributed by atoms with E-state index >= 15 is 0 Å². The molecule has 2 heteroatoms. The molecule has 2 heterocycles. The van der Waals surface area contributed by atoms with Gasteiger partial charge in [0, 0.05) is 32.8 Å². The van der Waals surface area contributed by atoms with E-state index in [0.29, 0.717) is 0 Å². The maximum Gasteiger partial charge on any atom is 0.143 e. The molecule has 0 aliphatic carbocycles. The molecule has 318 valence electrons. The molecule has 0 unspecified atom stereocenters. The molecule has 0 aliphatic rings. The van der Waals surface area contributed by atoms with Crippen molar-refractivity contribution < 1.29 is 4.42 Å². The lowest BCUT2D eigenvalue weighted by atomic mass is 9.90. The zero-order chi connectivity index (χ0) is 45.0. The average Bonchev–Trinajstić information content (AvgIpc) is 3.96. The van der Waals surface area contributed by atoms with Crippen LogP contribution in [0.1, 0.15) is 0 Å². The summed E-state index contributed by atoms with van der Waals surface area (Å²) in [7, 11) is 0. The molecular weight excluding hydrogens is 823 g/mol. The fourth-order valence-electron chi connectivity index (χ4n) is 10.2. The van der Waals surface area contributed by atoms with Crippen LogP contribution in [0.15, 0.2) is 265 Å². The first kappa shape index (κ1) is 39.4. The van der Waals surface area contributed by atoms with Crippen LogP contribution < -0.4 is 0 Å². The maximum absolute atomic E-state index is 6.80. The van der Waals surface area contributed by atoms with E-state index in [1.165, 1.54) is 49.6 Å². The van der Waals surface area contributed by atoms with E-state index in [2.05, 4.69) is 265 Å². The highest BCUT2D eigenvalue weighted by Crippen LogP contribution is 2.44. The van der Waals surface area contributed by atoms with Gasteiger partial charge in [0.25, 0.3) is 0 Å². The van der Waals surface area contributed by atoms with Crippen molar-refractivity contribution in [1.82, 2.24) is 4.57 Å². The van der Waals surface area contributed by atoms with Crippen LogP contribution in [-0.2, 0) is 0 Å². The highest BCUT2D eigenvalue weighted by Gasteiger charge is 2.19. The molecule has 11 aromatic carbocycles. The number of benzene rings is 11. The Kier molecular flexibility index (Phi) is 9.54. The second-order valence-corrected chi connectivity index (χ2v) is 17.7. The summed E-state index contributed by atoms with van der Waals surface area (Å²) in [6.07, 6.45) is 0. The molecule has 68 heavy (non-hydrogen) atoms. The van der Waals surface area contributed by atoms with E-state index in [4.69, 9.17) is 4.42 Å². The minimum Gasteiger partial charge on any atom is -0.455 e. The van der Waals surface area contributed by atoms with E-state index in [1.54, 1.807) is 0 Å². The van der Waals surface area contributed by atoms with E-state index in [-0.39, 0.29) is 0 Å². The van der Waals surface area contributed by atoms with Crippen molar-refractivity contribution in [3.63, 3.8) is 0 Å². The summed E-state index contributed by atoms with van der Waals surface area (Å²) < 4.78 is 9.20. The summed E-state index contributed by atoms with van der Waals surface area (Å²) in [5, 5.41) is 4.63. The van der Waals surface area contributed by atoms with Gasteiger partial charge in [-0.2, -0.15) is 0 Å². The molecule has 0 bridgehead atoms. The zero-order valence-corrected chi connectivity index (χ0v) is 37.2. The minimum atomic E-state index is 0.875. The van der Waals surface area contributed by atoms with Gasteiger partial charge in [-0.1, -0.05) is 182 Å². The Morgan fingerprint density at radius 3 is 1.13 bits per heavy atom. The van der Waals surface area contributed by atoms with Crippen molar-refractivity contribution in [3.8, 4) is 83.6 Å². The first-order valence-electron chi connectivity index (χ1n) is 23.3. The molecule has 0 radical (unpaired) electrons. The number of rotatable bonds is 8. The molecule has 0 fully saturated rings. The van der Waals surface area contributed by atoms with Gasteiger partial charge in [0.1, 0.15) is 11.2 Å². The first-order valence-corrected chi connectivity index (χ1v) is 23.3. The predicted molar refractivity (Wildman–Crippen MR) is 286 cm³/mol. The lowest BCUT2D eigenvalue weighted by molar-refractivity contribution is 0.670. The first-order chi connectivity index (χ1) is 33.7. The van der Waals surface area contributed by atoms with Crippen molar-refractivity contribution in [2.45, 2.75) is 0 Å². The fourth-order valence-corrected chi connectivity index (χ4v) is 10.2. The summed E-state index contributed by atoms with van der Waals surface area (Å²) >= 11 is 0. The van der Waals surface area contributed by atoms with Crippen LogP contribution in [-0.4, -0.2) is 4.57 Å². The van der Waals surface area contributed by atoms with Gasteiger partial charge >= 0.3 is 0 Å². The van der Waals surface area contributed by atoms with Crippen LogP contribution in [0.4, 0.5) is 0 Å². The predicted octanol–water partition coefficient (Wildman–Crippen LogP) is 18.4. The van der Waals surface area contributed by atoms with Crippen LogP contribution >= 0.6 is 0 Å². The van der Waals surface area contributed by atoms with Gasteiger partial charge in [0.05, 0.1) is 11.0 Å². The monoisotopic (exact) mass is 865 g/mol. The number of hydrogen-bond acceptors (Lipinski definition) is 1. The van der Waals surface area contributed by atoms with Gasteiger partial charge in [0.15, 0.2) is 0 Å². The maximum atomic E-state index is 6.80. The molecule has 2 aromatic heterocycles. The number of fused-ring (bicyclic) bond motifs is 6. The molecule has 0 spiro atoms.